The second-order valence-corrected chi connectivity index (χ2v) is 5.15. The molecule has 1 aromatic heterocycles. The molecule has 21 heavy (non-hydrogen) atoms. The summed E-state index contributed by atoms with van der Waals surface area (Å²) in [7, 11) is 1.29. The van der Waals surface area contributed by atoms with E-state index in [9.17, 15) is 4.79 Å². The first-order chi connectivity index (χ1) is 10.0. The Hall–Kier alpha value is -1.85. The van der Waals surface area contributed by atoms with Gasteiger partial charge in [-0.05, 0) is 24.6 Å². The molecule has 7 heteroatoms. The van der Waals surface area contributed by atoms with E-state index >= 15 is 0 Å². The Morgan fingerprint density at radius 1 is 1.29 bits per heavy atom. The minimum atomic E-state index is -0.525. The monoisotopic (exact) mass is 325 g/mol. The summed E-state index contributed by atoms with van der Waals surface area (Å²) >= 11 is 12.0. The van der Waals surface area contributed by atoms with Gasteiger partial charge in [0.25, 0.3) is 0 Å². The van der Waals surface area contributed by atoms with Gasteiger partial charge in [0.2, 0.25) is 0 Å². The Morgan fingerprint density at radius 2 is 2.05 bits per heavy atom. The topological polar surface area (TPSA) is 64.1 Å². The number of methoxy groups -OCH3 is 1. The van der Waals surface area contributed by atoms with Gasteiger partial charge >= 0.3 is 5.97 Å². The van der Waals surface area contributed by atoms with E-state index in [0.29, 0.717) is 15.9 Å². The standard InChI is InChI=1S/C14H13Cl2N3O2/c1-8(10-4-3-9(15)5-11(10)16)19-13-7-17-12(6-18-13)14(20)21-2/h3-8H,1-2H3,(H,18,19). The van der Waals surface area contributed by atoms with E-state index in [-0.39, 0.29) is 11.7 Å². The number of rotatable bonds is 4. The Labute approximate surface area is 132 Å². The molecule has 0 aliphatic rings. The normalized spacial score (nSPS) is 11.8. The van der Waals surface area contributed by atoms with Crippen molar-refractivity contribution in [1.82, 2.24) is 9.97 Å². The molecule has 1 heterocycles. The number of hydrogen-bond donors (Lipinski definition) is 1. The highest BCUT2D eigenvalue weighted by Gasteiger charge is 2.12. The van der Waals surface area contributed by atoms with Crippen LogP contribution in [0.4, 0.5) is 5.82 Å². The van der Waals surface area contributed by atoms with Gasteiger partial charge in [-0.1, -0.05) is 29.3 Å². The highest BCUT2D eigenvalue weighted by Crippen LogP contribution is 2.27. The first-order valence-electron chi connectivity index (χ1n) is 6.13. The van der Waals surface area contributed by atoms with Crippen molar-refractivity contribution in [1.29, 1.82) is 0 Å². The number of hydrogen-bond acceptors (Lipinski definition) is 5. The van der Waals surface area contributed by atoms with Gasteiger partial charge in [-0.15, -0.1) is 0 Å². The number of carbonyl (C=O) groups is 1. The lowest BCUT2D eigenvalue weighted by Crippen LogP contribution is -2.10. The van der Waals surface area contributed by atoms with Crippen LogP contribution in [0.2, 0.25) is 10.0 Å². The predicted octanol–water partition coefficient (Wildman–Crippen LogP) is 3.74. The molecule has 1 atom stereocenters. The van der Waals surface area contributed by atoms with E-state index < -0.39 is 5.97 Å². The molecule has 1 unspecified atom stereocenters. The minimum Gasteiger partial charge on any atom is -0.464 e. The average Bonchev–Trinajstić information content (AvgIpc) is 2.47. The molecule has 0 spiro atoms. The Bertz CT molecular complexity index is 647. The van der Waals surface area contributed by atoms with Crippen molar-refractivity contribution >= 4 is 35.0 Å². The molecule has 2 rings (SSSR count). The molecular formula is C14H13Cl2N3O2. The van der Waals surface area contributed by atoms with Gasteiger partial charge in [-0.2, -0.15) is 0 Å². The average molecular weight is 326 g/mol. The lowest BCUT2D eigenvalue weighted by Gasteiger charge is -2.16. The number of esters is 1. The van der Waals surface area contributed by atoms with E-state index in [1.54, 1.807) is 12.1 Å². The third kappa shape index (κ3) is 3.83. The molecule has 0 aliphatic carbocycles. The summed E-state index contributed by atoms with van der Waals surface area (Å²) in [5, 5.41) is 4.30. The number of ether oxygens (including phenoxy) is 1. The number of halogens is 2. The van der Waals surface area contributed by atoms with Crippen molar-refractivity contribution in [3.8, 4) is 0 Å². The van der Waals surface area contributed by atoms with Crippen LogP contribution >= 0.6 is 23.2 Å². The van der Waals surface area contributed by atoms with Crippen molar-refractivity contribution in [3.63, 3.8) is 0 Å². The highest BCUT2D eigenvalue weighted by molar-refractivity contribution is 6.35. The number of nitrogens with one attached hydrogen (secondary N) is 1. The molecule has 110 valence electrons. The molecule has 1 aromatic carbocycles. The van der Waals surface area contributed by atoms with Crippen LogP contribution < -0.4 is 5.32 Å². The van der Waals surface area contributed by atoms with Crippen LogP contribution in [-0.2, 0) is 4.74 Å². The first kappa shape index (κ1) is 15.5. The predicted molar refractivity (Wildman–Crippen MR) is 81.9 cm³/mol. The van der Waals surface area contributed by atoms with E-state index in [2.05, 4.69) is 20.0 Å². The molecule has 2 aromatic rings. The van der Waals surface area contributed by atoms with Gasteiger partial charge in [-0.25, -0.2) is 14.8 Å². The number of benzene rings is 1. The van der Waals surface area contributed by atoms with Gasteiger partial charge in [0.1, 0.15) is 5.82 Å². The maximum atomic E-state index is 11.3. The van der Waals surface area contributed by atoms with E-state index in [4.69, 9.17) is 23.2 Å². The van der Waals surface area contributed by atoms with Crippen molar-refractivity contribution < 1.29 is 9.53 Å². The fraction of sp³-hybridized carbons (Fsp3) is 0.214. The van der Waals surface area contributed by atoms with Crippen molar-refractivity contribution in [2.24, 2.45) is 0 Å². The SMILES string of the molecule is COC(=O)c1cnc(NC(C)c2ccc(Cl)cc2Cl)cn1. The maximum Gasteiger partial charge on any atom is 0.358 e. The Kier molecular flexibility index (Phi) is 4.98. The molecule has 0 saturated carbocycles. The van der Waals surface area contributed by atoms with Gasteiger partial charge in [0.05, 0.1) is 25.5 Å². The van der Waals surface area contributed by atoms with Gasteiger partial charge in [0.15, 0.2) is 5.69 Å². The summed E-state index contributed by atoms with van der Waals surface area (Å²) in [5.41, 5.74) is 1.04. The maximum absolute atomic E-state index is 11.3. The second kappa shape index (κ2) is 6.74. The van der Waals surface area contributed by atoms with Crippen LogP contribution in [-0.4, -0.2) is 23.0 Å². The quantitative estimate of drug-likeness (QED) is 0.867. The summed E-state index contributed by atoms with van der Waals surface area (Å²) < 4.78 is 4.56. The molecular weight excluding hydrogens is 313 g/mol. The van der Waals surface area contributed by atoms with Crippen LogP contribution in [0.1, 0.15) is 29.0 Å². The van der Waals surface area contributed by atoms with Crippen LogP contribution in [0.25, 0.3) is 0 Å². The first-order valence-corrected chi connectivity index (χ1v) is 6.88. The third-order valence-electron chi connectivity index (χ3n) is 2.84. The molecule has 0 amide bonds. The number of anilines is 1. The fourth-order valence-corrected chi connectivity index (χ4v) is 2.34. The molecule has 5 nitrogen and oxygen atoms in total. The molecule has 0 fully saturated rings. The molecule has 1 N–H and O–H groups in total. The third-order valence-corrected chi connectivity index (χ3v) is 3.40. The van der Waals surface area contributed by atoms with Gasteiger partial charge in [-0.3, -0.25) is 0 Å². The fourth-order valence-electron chi connectivity index (χ4n) is 1.76. The highest BCUT2D eigenvalue weighted by atomic mass is 35.5. The van der Waals surface area contributed by atoms with Crippen LogP contribution in [0.3, 0.4) is 0 Å². The zero-order valence-corrected chi connectivity index (χ0v) is 12.9. The lowest BCUT2D eigenvalue weighted by molar-refractivity contribution is 0.0593. The molecule has 0 aliphatic heterocycles. The molecule has 0 bridgehead atoms. The van der Waals surface area contributed by atoms with Gasteiger partial charge in [0, 0.05) is 10.0 Å². The van der Waals surface area contributed by atoms with Crippen molar-refractivity contribution in [3.05, 3.63) is 51.9 Å². The summed E-state index contributed by atoms with van der Waals surface area (Å²) in [6.07, 6.45) is 2.82. The summed E-state index contributed by atoms with van der Waals surface area (Å²) in [6.45, 7) is 1.94. The Morgan fingerprint density at radius 3 is 2.62 bits per heavy atom. The molecule has 0 radical (unpaired) electrons. The zero-order valence-electron chi connectivity index (χ0n) is 11.4. The second-order valence-electron chi connectivity index (χ2n) is 4.31. The van der Waals surface area contributed by atoms with Crippen LogP contribution in [0.5, 0.6) is 0 Å². The smallest absolute Gasteiger partial charge is 0.358 e. The summed E-state index contributed by atoms with van der Waals surface area (Å²) in [4.78, 5) is 19.4. The van der Waals surface area contributed by atoms with E-state index in [1.807, 2.05) is 13.0 Å². The number of carbonyl (C=O) groups excluding carboxylic acids is 1. The number of nitrogens with zero attached hydrogens (tertiary/aromatic N) is 2. The van der Waals surface area contributed by atoms with E-state index in [0.717, 1.165) is 5.56 Å². The van der Waals surface area contributed by atoms with Crippen molar-refractivity contribution in [2.45, 2.75) is 13.0 Å². The number of aromatic nitrogens is 2. The summed E-state index contributed by atoms with van der Waals surface area (Å²) in [5.74, 6) is 0.00372. The minimum absolute atomic E-state index is 0.0898. The zero-order chi connectivity index (χ0) is 15.4. The van der Waals surface area contributed by atoms with Crippen LogP contribution in [0.15, 0.2) is 30.6 Å². The van der Waals surface area contributed by atoms with Crippen LogP contribution in [0, 0.1) is 0 Å². The Balaban J connectivity index is 2.12. The summed E-state index contributed by atoms with van der Waals surface area (Å²) in [6, 6.07) is 5.21. The van der Waals surface area contributed by atoms with E-state index in [1.165, 1.54) is 19.5 Å². The van der Waals surface area contributed by atoms with Crippen molar-refractivity contribution in [2.75, 3.05) is 12.4 Å². The largest absolute Gasteiger partial charge is 0.464 e. The lowest BCUT2D eigenvalue weighted by atomic mass is 10.1. The van der Waals surface area contributed by atoms with Gasteiger partial charge < -0.3 is 10.1 Å². The molecule has 0 saturated heterocycles.